The van der Waals surface area contributed by atoms with Crippen LogP contribution in [0, 0.1) is 0 Å². The van der Waals surface area contributed by atoms with Gasteiger partial charge in [-0.05, 0) is 111 Å². The predicted molar refractivity (Wildman–Crippen MR) is 159 cm³/mol. The molecule has 0 fully saturated rings. The first-order valence-corrected chi connectivity index (χ1v) is 17.2. The molecule has 202 valence electrons. The van der Waals surface area contributed by atoms with Gasteiger partial charge in [0.05, 0.1) is 0 Å². The number of hydrogen-bond acceptors (Lipinski definition) is 6. The van der Waals surface area contributed by atoms with Crippen molar-refractivity contribution >= 4 is 32.6 Å². The van der Waals surface area contributed by atoms with Gasteiger partial charge in [0.2, 0.25) is 6.39 Å². The van der Waals surface area contributed by atoms with E-state index >= 15 is 0 Å². The zero-order valence-electron chi connectivity index (χ0n) is 25.1. The third-order valence-electron chi connectivity index (χ3n) is 5.59. The molecule has 0 amide bonds. The number of thiol groups is 1. The van der Waals surface area contributed by atoms with Gasteiger partial charge in [0.1, 0.15) is 9.67 Å². The summed E-state index contributed by atoms with van der Waals surface area (Å²) < 4.78 is 9.99. The Hall–Kier alpha value is 0.340. The molecular weight excluding hydrogens is 478 g/mol. The highest BCUT2D eigenvalue weighted by Crippen LogP contribution is 2.61. The first kappa shape index (κ1) is 34.3. The van der Waals surface area contributed by atoms with Gasteiger partial charge in [-0.25, -0.2) is 18.7 Å². The van der Waals surface area contributed by atoms with Gasteiger partial charge in [0, 0.05) is 48.3 Å². The van der Waals surface area contributed by atoms with Crippen LogP contribution in [0.15, 0.2) is 4.88 Å². The van der Waals surface area contributed by atoms with Gasteiger partial charge in [-0.2, -0.15) is 0 Å². The van der Waals surface area contributed by atoms with Crippen molar-refractivity contribution in [1.82, 2.24) is 18.7 Å². The maximum atomic E-state index is 5.41. The maximum Gasteiger partial charge on any atom is 0.381 e. The van der Waals surface area contributed by atoms with Crippen LogP contribution in [-0.2, 0) is 0 Å². The van der Waals surface area contributed by atoms with E-state index in [1.54, 1.807) is 0 Å². The highest BCUT2D eigenvalue weighted by molar-refractivity contribution is 8.49. The Labute approximate surface area is 219 Å². The van der Waals surface area contributed by atoms with Gasteiger partial charge in [-0.3, -0.25) is 0 Å². The first-order chi connectivity index (χ1) is 15.4. The van der Waals surface area contributed by atoms with Crippen molar-refractivity contribution in [2.45, 2.75) is 159 Å². The lowest BCUT2D eigenvalue weighted by atomic mass is 10.3. The molecule has 0 N–H and O–H groups in total. The van der Waals surface area contributed by atoms with E-state index in [1.807, 2.05) is 0 Å². The summed E-state index contributed by atoms with van der Waals surface area (Å²) >= 11 is 5.41. The Kier molecular flexibility index (Phi) is 15.1. The van der Waals surface area contributed by atoms with E-state index in [0.29, 0.717) is 48.3 Å². The molecule has 0 saturated heterocycles. The predicted octanol–water partition coefficient (Wildman–Crippen LogP) is 7.95. The van der Waals surface area contributed by atoms with Crippen LogP contribution >= 0.6 is 27.0 Å². The number of hydrogen-bond donors (Lipinski definition) is 1. The molecular formula is C25H57N6P2S+. The van der Waals surface area contributed by atoms with Gasteiger partial charge in [-0.1, -0.05) is 0 Å². The van der Waals surface area contributed by atoms with Crippen molar-refractivity contribution in [3.63, 3.8) is 0 Å². The Morgan fingerprint density at radius 1 is 0.559 bits per heavy atom. The maximum absolute atomic E-state index is 5.41. The summed E-state index contributed by atoms with van der Waals surface area (Å²) in [4.78, 5) is 9.85. The molecule has 9 heteroatoms. The lowest BCUT2D eigenvalue weighted by Gasteiger charge is -2.45. The lowest BCUT2D eigenvalue weighted by molar-refractivity contribution is -0.0598. The van der Waals surface area contributed by atoms with Crippen molar-refractivity contribution in [3.05, 3.63) is 0 Å². The molecule has 0 aromatic heterocycles. The Morgan fingerprint density at radius 2 is 0.824 bits per heavy atom. The second-order valence-electron chi connectivity index (χ2n) is 11.4. The smallest absolute Gasteiger partial charge is 0.247 e. The molecule has 0 unspecified atom stereocenters. The summed E-state index contributed by atoms with van der Waals surface area (Å²) in [6, 6.07) is 2.75. The van der Waals surface area contributed by atoms with E-state index in [9.17, 15) is 0 Å². The normalized spacial score (nSPS) is 13.7. The second kappa shape index (κ2) is 14.9. The number of nitrogens with zero attached hydrogens (tertiary/aromatic N) is 6. The Morgan fingerprint density at radius 3 is 1.03 bits per heavy atom. The molecule has 34 heavy (non-hydrogen) atoms. The van der Waals surface area contributed by atoms with Crippen molar-refractivity contribution in [2.24, 2.45) is 4.88 Å². The average molecular weight is 536 g/mol. The summed E-state index contributed by atoms with van der Waals surface area (Å²) in [5, 5.41) is 0. The SMILES string of the molecule is CC(C)N(C(C)C)P(N=[N+]=C=P(S)(N(C(C)C)C(C)C)N(C(C)C)C(C)C)N(C(C)C)C(C)C. The zero-order chi connectivity index (χ0) is 27.1. The number of rotatable bonds is 13. The molecule has 0 aliphatic heterocycles. The lowest BCUT2D eigenvalue weighted by Crippen LogP contribution is -2.43. The molecule has 0 rings (SSSR count). The quantitative estimate of drug-likeness (QED) is 0.0854. The van der Waals surface area contributed by atoms with E-state index in [0.717, 1.165) is 0 Å². The fraction of sp³-hybridized carbons (Fsp3) is 0.960. The van der Waals surface area contributed by atoms with Crippen LogP contribution in [0.3, 0.4) is 0 Å². The van der Waals surface area contributed by atoms with Gasteiger partial charge >= 0.3 is 5.59 Å². The van der Waals surface area contributed by atoms with Crippen LogP contribution in [0.4, 0.5) is 0 Å². The average Bonchev–Trinajstić information content (AvgIpc) is 2.58. The third kappa shape index (κ3) is 9.02. The van der Waals surface area contributed by atoms with Gasteiger partial charge in [-0.15, -0.1) is 12.2 Å². The third-order valence-corrected chi connectivity index (χ3v) is 13.5. The van der Waals surface area contributed by atoms with Gasteiger partial charge in [0.25, 0.3) is 8.37 Å². The highest BCUT2D eigenvalue weighted by atomic mass is 32.7. The summed E-state index contributed by atoms with van der Waals surface area (Å²) in [7, 11) is -0.989. The molecule has 0 bridgehead atoms. The minimum atomic E-state index is -2.30. The summed E-state index contributed by atoms with van der Waals surface area (Å²) in [6.45, 7) is 36.0. The molecule has 0 aliphatic carbocycles. The first-order valence-electron chi connectivity index (χ1n) is 13.2. The highest BCUT2D eigenvalue weighted by Gasteiger charge is 2.41. The van der Waals surface area contributed by atoms with Crippen LogP contribution in [0.25, 0.3) is 0 Å². The van der Waals surface area contributed by atoms with E-state index in [-0.39, 0.29) is 0 Å². The van der Waals surface area contributed by atoms with Gasteiger partial charge < -0.3 is 0 Å². The van der Waals surface area contributed by atoms with Crippen molar-refractivity contribution in [2.75, 3.05) is 0 Å². The molecule has 0 radical (unpaired) electrons. The molecule has 0 aliphatic rings. The molecule has 0 aromatic rings. The monoisotopic (exact) mass is 535 g/mol. The van der Waals surface area contributed by atoms with E-state index in [1.165, 1.54) is 0 Å². The molecule has 0 atom stereocenters. The molecule has 6 nitrogen and oxygen atoms in total. The van der Waals surface area contributed by atoms with E-state index < -0.39 is 14.8 Å². The molecule has 0 saturated carbocycles. The standard InChI is InChI=1S/C25H57N6P2S/c1-18(2)28(19(3)4)32(29(20(5)6)21(7)8)27-26-17-33(34,30(22(9)10)23(11)12)31(24(13)14)25(15)16/h18-25,34H,1-16H3/q+1. The summed E-state index contributed by atoms with van der Waals surface area (Å²) in [5.74, 6) is 0. The van der Waals surface area contributed by atoms with Crippen molar-refractivity contribution < 1.29 is 4.79 Å². The molecule has 0 spiro atoms. The largest absolute Gasteiger partial charge is 0.381 e. The molecule has 0 heterocycles. The summed E-state index contributed by atoms with van der Waals surface area (Å²) in [6.07, 6.45) is -2.30. The Bertz CT molecular complexity index is 647. The second-order valence-corrected chi connectivity index (χ2v) is 17.0. The Balaban J connectivity index is 7.41. The minimum Gasteiger partial charge on any atom is -0.247 e. The van der Waals surface area contributed by atoms with Crippen LogP contribution in [0.5, 0.6) is 0 Å². The summed E-state index contributed by atoms with van der Waals surface area (Å²) in [5.41, 5.74) is 3.57. The van der Waals surface area contributed by atoms with E-state index in [4.69, 9.17) is 21.9 Å². The zero-order valence-corrected chi connectivity index (χ0v) is 27.8. The van der Waals surface area contributed by atoms with Crippen LogP contribution in [-0.4, -0.2) is 77.4 Å². The topological polar surface area (TPSA) is 39.4 Å². The van der Waals surface area contributed by atoms with E-state index in [2.05, 4.69) is 135 Å². The van der Waals surface area contributed by atoms with Gasteiger partial charge in [0.15, 0.2) is 0 Å². The van der Waals surface area contributed by atoms with Crippen LogP contribution < -0.4 is 0 Å². The minimum absolute atomic E-state index is 0.320. The van der Waals surface area contributed by atoms with Crippen molar-refractivity contribution in [1.29, 1.82) is 0 Å². The van der Waals surface area contributed by atoms with Crippen LogP contribution in [0.1, 0.15) is 111 Å². The fourth-order valence-corrected chi connectivity index (χ4v) is 13.1. The molecule has 0 aromatic carbocycles. The fourth-order valence-electron chi connectivity index (χ4n) is 5.05. The van der Waals surface area contributed by atoms with Crippen molar-refractivity contribution in [3.8, 4) is 0 Å². The van der Waals surface area contributed by atoms with Crippen LogP contribution in [0.2, 0.25) is 0 Å².